The molecule has 0 radical (unpaired) electrons. The van der Waals surface area contributed by atoms with E-state index in [1.807, 2.05) is 30.5 Å². The van der Waals surface area contributed by atoms with E-state index in [0.29, 0.717) is 10.0 Å². The van der Waals surface area contributed by atoms with Crippen LogP contribution in [0.25, 0.3) is 5.69 Å². The highest BCUT2D eigenvalue weighted by atomic mass is 35.5. The Hall–Kier alpha value is -2.88. The number of benzene rings is 2. The molecular weight excluding hydrogens is 490 g/mol. The molecule has 0 saturated heterocycles. The van der Waals surface area contributed by atoms with E-state index in [-0.39, 0.29) is 5.69 Å². The third-order valence-electron chi connectivity index (χ3n) is 4.83. The van der Waals surface area contributed by atoms with Gasteiger partial charge in [-0.15, -0.1) is 0 Å². The number of nitrogens with zero attached hydrogens (tertiary/aromatic N) is 3. The zero-order valence-electron chi connectivity index (χ0n) is 18.0. The number of halogens is 3. The summed E-state index contributed by atoms with van der Waals surface area (Å²) in [6.45, 7) is 3.29. The van der Waals surface area contributed by atoms with Gasteiger partial charge in [0.05, 0.1) is 28.2 Å². The minimum Gasteiger partial charge on any atom is -0.318 e. The quantitative estimate of drug-likeness (QED) is 0.376. The van der Waals surface area contributed by atoms with Gasteiger partial charge in [-0.25, -0.2) is 18.2 Å². The van der Waals surface area contributed by atoms with Crippen LogP contribution in [0.15, 0.2) is 53.6 Å². The Kier molecular flexibility index (Phi) is 7.46. The highest BCUT2D eigenvalue weighted by molar-refractivity contribution is 7.92. The second-order valence-corrected chi connectivity index (χ2v) is 10.0. The Morgan fingerprint density at radius 1 is 1.12 bits per heavy atom. The summed E-state index contributed by atoms with van der Waals surface area (Å²) in [5.74, 6) is -1.17. The molecular formula is C22H21Cl2FN4O3S. The first-order valence-corrected chi connectivity index (χ1v) is 12.3. The molecule has 0 saturated carbocycles. The maximum absolute atomic E-state index is 13.2. The number of carbonyl (C=O) groups excluding carboxylic acids is 1. The van der Waals surface area contributed by atoms with Gasteiger partial charge in [0, 0.05) is 22.6 Å². The molecule has 0 aliphatic carbocycles. The van der Waals surface area contributed by atoms with Crippen molar-refractivity contribution in [2.75, 3.05) is 17.1 Å². The molecule has 1 amide bonds. The van der Waals surface area contributed by atoms with Gasteiger partial charge in [-0.2, -0.15) is 5.10 Å². The molecule has 0 aliphatic rings. The van der Waals surface area contributed by atoms with Crippen molar-refractivity contribution >= 4 is 51.0 Å². The third kappa shape index (κ3) is 5.93. The molecule has 1 N–H and O–H groups in total. The molecule has 174 valence electrons. The van der Waals surface area contributed by atoms with E-state index >= 15 is 0 Å². The number of hydrogen-bond acceptors (Lipinski definition) is 4. The predicted octanol–water partition coefficient (Wildman–Crippen LogP) is 4.46. The summed E-state index contributed by atoms with van der Waals surface area (Å²) in [5, 5.41) is 4.84. The lowest BCUT2D eigenvalue weighted by Crippen LogP contribution is -2.39. The number of aromatic nitrogens is 1. The molecule has 0 fully saturated rings. The molecule has 1 aromatic heterocycles. The first-order valence-electron chi connectivity index (χ1n) is 9.67. The lowest BCUT2D eigenvalue weighted by Gasteiger charge is -2.21. The van der Waals surface area contributed by atoms with Gasteiger partial charge in [-0.3, -0.25) is 9.10 Å². The Bertz CT molecular complexity index is 1320. The second-order valence-electron chi connectivity index (χ2n) is 7.30. The third-order valence-corrected chi connectivity index (χ3v) is 6.71. The van der Waals surface area contributed by atoms with Gasteiger partial charge in [0.2, 0.25) is 10.0 Å². The Morgan fingerprint density at radius 2 is 1.79 bits per heavy atom. The smallest absolute Gasteiger partial charge is 0.260 e. The fourth-order valence-corrected chi connectivity index (χ4v) is 4.44. The van der Waals surface area contributed by atoms with Gasteiger partial charge in [0.25, 0.3) is 5.91 Å². The minimum absolute atomic E-state index is 0.170. The van der Waals surface area contributed by atoms with Crippen LogP contribution in [0, 0.1) is 19.7 Å². The number of anilines is 1. The predicted molar refractivity (Wildman–Crippen MR) is 130 cm³/mol. The van der Waals surface area contributed by atoms with Crippen molar-refractivity contribution in [1.29, 1.82) is 0 Å². The molecule has 7 nitrogen and oxygen atoms in total. The van der Waals surface area contributed by atoms with Crippen molar-refractivity contribution in [1.82, 2.24) is 9.99 Å². The molecule has 1 heterocycles. The second kappa shape index (κ2) is 9.94. The molecule has 11 heteroatoms. The van der Waals surface area contributed by atoms with Crippen molar-refractivity contribution in [2.24, 2.45) is 5.10 Å². The van der Waals surface area contributed by atoms with Gasteiger partial charge in [-0.1, -0.05) is 23.2 Å². The largest absolute Gasteiger partial charge is 0.318 e. The van der Waals surface area contributed by atoms with Crippen LogP contribution in [0.3, 0.4) is 0 Å². The van der Waals surface area contributed by atoms with Crippen molar-refractivity contribution in [3.8, 4) is 5.69 Å². The molecule has 0 atom stereocenters. The lowest BCUT2D eigenvalue weighted by molar-refractivity contribution is -0.119. The van der Waals surface area contributed by atoms with E-state index in [1.54, 1.807) is 12.1 Å². The van der Waals surface area contributed by atoms with Gasteiger partial charge in [0.1, 0.15) is 12.4 Å². The number of amides is 1. The van der Waals surface area contributed by atoms with Gasteiger partial charge in [-0.05, 0) is 62.4 Å². The standard InChI is InChI=1S/C22H21Cl2FN4O3S/c1-14-10-16(15(2)29(14)19-8-9-20(23)21(24)11-19)12-26-27-22(30)13-28(33(3,31)32)18-6-4-17(25)5-7-18/h4-12H,13H2,1-3H3,(H,27,30)/b26-12-. The summed E-state index contributed by atoms with van der Waals surface area (Å²) in [7, 11) is -3.77. The Balaban J connectivity index is 1.75. The van der Waals surface area contributed by atoms with Crippen molar-refractivity contribution < 1.29 is 17.6 Å². The first kappa shape index (κ1) is 24.8. The van der Waals surface area contributed by atoms with Crippen LogP contribution in [-0.2, 0) is 14.8 Å². The fraction of sp³-hybridized carbons (Fsp3) is 0.182. The summed E-state index contributed by atoms with van der Waals surface area (Å²) in [6, 6.07) is 12.0. The van der Waals surface area contributed by atoms with E-state index in [0.717, 1.165) is 45.3 Å². The average molecular weight is 511 g/mol. The number of sulfonamides is 1. The van der Waals surface area contributed by atoms with Gasteiger partial charge in [0.15, 0.2) is 0 Å². The van der Waals surface area contributed by atoms with Crippen LogP contribution in [0.4, 0.5) is 10.1 Å². The number of hydrogen-bond donors (Lipinski definition) is 1. The molecule has 0 unspecified atom stereocenters. The molecule has 0 bridgehead atoms. The van der Waals surface area contributed by atoms with Crippen LogP contribution in [0.5, 0.6) is 0 Å². The Morgan fingerprint density at radius 3 is 2.39 bits per heavy atom. The maximum Gasteiger partial charge on any atom is 0.260 e. The van der Waals surface area contributed by atoms with Crippen LogP contribution < -0.4 is 9.73 Å². The SMILES string of the molecule is Cc1cc(/C=N\NC(=O)CN(c2ccc(F)cc2)S(C)(=O)=O)c(C)n1-c1ccc(Cl)c(Cl)c1. The van der Waals surface area contributed by atoms with E-state index in [2.05, 4.69) is 10.5 Å². The number of rotatable bonds is 7. The maximum atomic E-state index is 13.2. The molecule has 3 aromatic rings. The highest BCUT2D eigenvalue weighted by Crippen LogP contribution is 2.27. The van der Waals surface area contributed by atoms with Crippen LogP contribution >= 0.6 is 23.2 Å². The van der Waals surface area contributed by atoms with E-state index in [1.165, 1.54) is 18.3 Å². The molecule has 3 rings (SSSR count). The van der Waals surface area contributed by atoms with Crippen molar-refractivity contribution in [2.45, 2.75) is 13.8 Å². The number of carbonyl (C=O) groups is 1. The van der Waals surface area contributed by atoms with E-state index in [9.17, 15) is 17.6 Å². The van der Waals surface area contributed by atoms with Crippen molar-refractivity contribution in [3.63, 3.8) is 0 Å². The zero-order chi connectivity index (χ0) is 24.3. The summed E-state index contributed by atoms with van der Waals surface area (Å²) in [5.41, 5.74) is 5.84. The monoisotopic (exact) mass is 510 g/mol. The van der Waals surface area contributed by atoms with Crippen molar-refractivity contribution in [3.05, 3.63) is 81.3 Å². The fourth-order valence-electron chi connectivity index (χ4n) is 3.29. The number of aryl methyl sites for hydroxylation is 1. The minimum atomic E-state index is -3.77. The summed E-state index contributed by atoms with van der Waals surface area (Å²) < 4.78 is 40.2. The highest BCUT2D eigenvalue weighted by Gasteiger charge is 2.20. The number of hydrazone groups is 1. The Labute approximate surface area is 201 Å². The molecule has 2 aromatic carbocycles. The first-order chi connectivity index (χ1) is 15.5. The molecule has 0 aliphatic heterocycles. The topological polar surface area (TPSA) is 83.8 Å². The van der Waals surface area contributed by atoms with Gasteiger partial charge < -0.3 is 4.57 Å². The zero-order valence-corrected chi connectivity index (χ0v) is 20.3. The van der Waals surface area contributed by atoms with Crippen LogP contribution in [0.2, 0.25) is 10.0 Å². The normalized spacial score (nSPS) is 11.7. The summed E-state index contributed by atoms with van der Waals surface area (Å²) >= 11 is 12.1. The molecule has 0 spiro atoms. The summed E-state index contributed by atoms with van der Waals surface area (Å²) in [6.07, 6.45) is 2.43. The summed E-state index contributed by atoms with van der Waals surface area (Å²) in [4.78, 5) is 12.3. The van der Waals surface area contributed by atoms with E-state index in [4.69, 9.17) is 23.2 Å². The van der Waals surface area contributed by atoms with Crippen LogP contribution in [-0.4, -0.2) is 37.9 Å². The number of nitrogens with one attached hydrogen (secondary N) is 1. The van der Waals surface area contributed by atoms with E-state index < -0.39 is 28.3 Å². The lowest BCUT2D eigenvalue weighted by atomic mass is 10.2. The molecule has 33 heavy (non-hydrogen) atoms. The average Bonchev–Trinajstić information content (AvgIpc) is 3.01. The van der Waals surface area contributed by atoms with Gasteiger partial charge >= 0.3 is 0 Å². The van der Waals surface area contributed by atoms with Crippen LogP contribution in [0.1, 0.15) is 17.0 Å².